The highest BCUT2D eigenvalue weighted by atomic mass is 16.2. The number of hydrogen-bond donors (Lipinski definition) is 1. The van der Waals surface area contributed by atoms with E-state index in [2.05, 4.69) is 20.2 Å². The van der Waals surface area contributed by atoms with Crippen LogP contribution in [0.15, 0.2) is 11.1 Å². The number of aryl methyl sites for hydroxylation is 2. The Balaban J connectivity index is 2.12. The Labute approximate surface area is 134 Å². The number of aromatic amines is 1. The van der Waals surface area contributed by atoms with E-state index in [9.17, 15) is 9.59 Å². The standard InChI is InChI=1S/C15H22N6O2/c1-9(2)21-8-16-19-13(21)7-20(5)14(22)6-12-10(3)17-11(4)18-15(12)23/h8-9H,6-7H2,1-5H3,(H,17,18,23). The summed E-state index contributed by atoms with van der Waals surface area (Å²) in [7, 11) is 1.69. The molecular formula is C15H22N6O2. The van der Waals surface area contributed by atoms with E-state index in [1.165, 1.54) is 0 Å². The van der Waals surface area contributed by atoms with Gasteiger partial charge in [-0.3, -0.25) is 9.59 Å². The molecule has 2 aromatic rings. The van der Waals surface area contributed by atoms with Gasteiger partial charge in [0.05, 0.1) is 13.0 Å². The molecule has 0 atom stereocenters. The molecule has 2 heterocycles. The lowest BCUT2D eigenvalue weighted by Gasteiger charge is -2.18. The molecule has 0 unspecified atom stereocenters. The van der Waals surface area contributed by atoms with Crippen molar-refractivity contribution < 1.29 is 4.79 Å². The van der Waals surface area contributed by atoms with Crippen molar-refractivity contribution in [1.82, 2.24) is 29.6 Å². The number of rotatable bonds is 5. The zero-order valence-corrected chi connectivity index (χ0v) is 14.1. The van der Waals surface area contributed by atoms with Crippen LogP contribution in [0.2, 0.25) is 0 Å². The van der Waals surface area contributed by atoms with Gasteiger partial charge < -0.3 is 14.5 Å². The fraction of sp³-hybridized carbons (Fsp3) is 0.533. The molecule has 0 aliphatic heterocycles. The van der Waals surface area contributed by atoms with E-state index in [0.717, 1.165) is 0 Å². The van der Waals surface area contributed by atoms with E-state index >= 15 is 0 Å². The largest absolute Gasteiger partial charge is 0.338 e. The van der Waals surface area contributed by atoms with Crippen LogP contribution in [0.3, 0.4) is 0 Å². The molecule has 2 rings (SSSR count). The molecule has 0 aromatic carbocycles. The number of carbonyl (C=O) groups is 1. The quantitative estimate of drug-likeness (QED) is 0.878. The van der Waals surface area contributed by atoms with Crippen LogP contribution in [0, 0.1) is 13.8 Å². The fourth-order valence-corrected chi connectivity index (χ4v) is 2.36. The lowest BCUT2D eigenvalue weighted by Crippen LogP contribution is -2.32. The van der Waals surface area contributed by atoms with E-state index < -0.39 is 0 Å². The summed E-state index contributed by atoms with van der Waals surface area (Å²) in [6, 6.07) is 0.217. The zero-order valence-electron chi connectivity index (χ0n) is 14.1. The molecule has 8 nitrogen and oxygen atoms in total. The average Bonchev–Trinajstić information content (AvgIpc) is 2.90. The van der Waals surface area contributed by atoms with Crippen LogP contribution in [0.25, 0.3) is 0 Å². The molecule has 1 N–H and O–H groups in total. The first-order chi connectivity index (χ1) is 10.8. The SMILES string of the molecule is Cc1nc(C)c(CC(=O)N(C)Cc2nncn2C(C)C)c(=O)[nH]1. The molecule has 0 bridgehead atoms. The van der Waals surface area contributed by atoms with Crippen LogP contribution in [0.5, 0.6) is 0 Å². The number of nitrogens with zero attached hydrogens (tertiary/aromatic N) is 5. The van der Waals surface area contributed by atoms with Crippen molar-refractivity contribution >= 4 is 5.91 Å². The summed E-state index contributed by atoms with van der Waals surface area (Å²) in [5, 5.41) is 7.94. The van der Waals surface area contributed by atoms with Gasteiger partial charge in [-0.1, -0.05) is 0 Å². The number of aromatic nitrogens is 5. The van der Waals surface area contributed by atoms with Crippen molar-refractivity contribution in [2.24, 2.45) is 0 Å². The highest BCUT2D eigenvalue weighted by Gasteiger charge is 2.17. The molecule has 0 aliphatic carbocycles. The van der Waals surface area contributed by atoms with E-state index in [1.54, 1.807) is 32.1 Å². The Bertz CT molecular complexity index is 762. The normalized spacial score (nSPS) is 11.0. The predicted molar refractivity (Wildman–Crippen MR) is 84.9 cm³/mol. The van der Waals surface area contributed by atoms with Crippen molar-refractivity contribution in [1.29, 1.82) is 0 Å². The summed E-state index contributed by atoms with van der Waals surface area (Å²) < 4.78 is 1.91. The van der Waals surface area contributed by atoms with Gasteiger partial charge in [-0.2, -0.15) is 0 Å². The predicted octanol–water partition coefficient (Wildman–Crippen LogP) is 0.760. The van der Waals surface area contributed by atoms with E-state index in [0.29, 0.717) is 29.5 Å². The summed E-state index contributed by atoms with van der Waals surface area (Å²) in [6.45, 7) is 7.84. The Morgan fingerprint density at radius 2 is 2.09 bits per heavy atom. The number of carbonyl (C=O) groups excluding carboxylic acids is 1. The molecular weight excluding hydrogens is 296 g/mol. The zero-order chi connectivity index (χ0) is 17.1. The van der Waals surface area contributed by atoms with E-state index in [-0.39, 0.29) is 23.9 Å². The van der Waals surface area contributed by atoms with Gasteiger partial charge in [0.25, 0.3) is 5.56 Å². The Hall–Kier alpha value is -2.51. The number of likely N-dealkylation sites (N-methyl/N-ethyl adjacent to an activating group) is 1. The maximum atomic E-state index is 12.4. The summed E-state index contributed by atoms with van der Waals surface area (Å²) in [4.78, 5) is 32.8. The Kier molecular flexibility index (Phi) is 4.92. The van der Waals surface area contributed by atoms with Gasteiger partial charge in [-0.15, -0.1) is 10.2 Å². The molecule has 0 saturated heterocycles. The summed E-state index contributed by atoms with van der Waals surface area (Å²) in [5.41, 5.74) is 0.721. The molecule has 0 saturated carbocycles. The van der Waals surface area contributed by atoms with Crippen molar-refractivity contribution in [2.45, 2.75) is 46.7 Å². The molecule has 2 aromatic heterocycles. The first kappa shape index (κ1) is 16.9. The second kappa shape index (κ2) is 6.72. The van der Waals surface area contributed by atoms with Crippen molar-refractivity contribution in [3.8, 4) is 0 Å². The molecule has 0 spiro atoms. The lowest BCUT2D eigenvalue weighted by molar-refractivity contribution is -0.129. The smallest absolute Gasteiger partial charge is 0.254 e. The molecule has 124 valence electrons. The third kappa shape index (κ3) is 3.82. The third-order valence-electron chi connectivity index (χ3n) is 3.68. The van der Waals surface area contributed by atoms with Crippen LogP contribution >= 0.6 is 0 Å². The monoisotopic (exact) mass is 318 g/mol. The van der Waals surface area contributed by atoms with E-state index in [1.807, 2.05) is 18.4 Å². The molecule has 23 heavy (non-hydrogen) atoms. The van der Waals surface area contributed by atoms with Gasteiger partial charge >= 0.3 is 0 Å². The molecule has 0 fully saturated rings. The Morgan fingerprint density at radius 3 is 2.70 bits per heavy atom. The molecule has 0 radical (unpaired) electrons. The van der Waals surface area contributed by atoms with Gasteiger partial charge in [0.2, 0.25) is 5.91 Å². The van der Waals surface area contributed by atoms with E-state index in [4.69, 9.17) is 0 Å². The molecule has 8 heteroatoms. The van der Waals surface area contributed by atoms with Crippen LogP contribution in [0.4, 0.5) is 0 Å². The molecule has 0 aliphatic rings. The summed E-state index contributed by atoms with van der Waals surface area (Å²) in [6.07, 6.45) is 1.66. The van der Waals surface area contributed by atoms with Crippen LogP contribution in [-0.4, -0.2) is 42.6 Å². The minimum Gasteiger partial charge on any atom is -0.338 e. The van der Waals surface area contributed by atoms with Crippen LogP contribution in [-0.2, 0) is 17.8 Å². The number of H-pyrrole nitrogens is 1. The number of nitrogens with one attached hydrogen (secondary N) is 1. The average molecular weight is 318 g/mol. The highest BCUT2D eigenvalue weighted by molar-refractivity contribution is 5.78. The Morgan fingerprint density at radius 1 is 1.39 bits per heavy atom. The minimum absolute atomic E-state index is 0.0146. The van der Waals surface area contributed by atoms with Crippen molar-refractivity contribution in [3.05, 3.63) is 39.6 Å². The third-order valence-corrected chi connectivity index (χ3v) is 3.68. The second-order valence-corrected chi connectivity index (χ2v) is 5.89. The molecule has 1 amide bonds. The first-order valence-electron chi connectivity index (χ1n) is 7.48. The maximum absolute atomic E-state index is 12.4. The minimum atomic E-state index is -0.262. The van der Waals surface area contributed by atoms with Crippen molar-refractivity contribution in [2.75, 3.05) is 7.05 Å². The van der Waals surface area contributed by atoms with Gasteiger partial charge in [0.1, 0.15) is 12.2 Å². The lowest BCUT2D eigenvalue weighted by atomic mass is 10.1. The number of hydrogen-bond acceptors (Lipinski definition) is 5. The fourth-order valence-electron chi connectivity index (χ4n) is 2.36. The van der Waals surface area contributed by atoms with Crippen LogP contribution < -0.4 is 5.56 Å². The van der Waals surface area contributed by atoms with Gasteiger partial charge in [-0.05, 0) is 27.7 Å². The van der Waals surface area contributed by atoms with Gasteiger partial charge in [0.15, 0.2) is 5.82 Å². The second-order valence-electron chi connectivity index (χ2n) is 5.89. The number of amides is 1. The summed E-state index contributed by atoms with van der Waals surface area (Å²) in [5.74, 6) is 1.09. The topological polar surface area (TPSA) is 96.8 Å². The maximum Gasteiger partial charge on any atom is 0.254 e. The van der Waals surface area contributed by atoms with Crippen LogP contribution in [0.1, 0.15) is 42.8 Å². The van der Waals surface area contributed by atoms with Gasteiger partial charge in [0, 0.05) is 24.3 Å². The highest BCUT2D eigenvalue weighted by Crippen LogP contribution is 2.09. The van der Waals surface area contributed by atoms with Gasteiger partial charge in [-0.25, -0.2) is 4.98 Å². The van der Waals surface area contributed by atoms with Crippen molar-refractivity contribution in [3.63, 3.8) is 0 Å². The first-order valence-corrected chi connectivity index (χ1v) is 7.48. The summed E-state index contributed by atoms with van der Waals surface area (Å²) >= 11 is 0.